The van der Waals surface area contributed by atoms with Crippen molar-refractivity contribution in [3.05, 3.63) is 0 Å². The number of carbonyl (C=O) groups excluding carboxylic acids is 6. The molecule has 162 valence electrons. The Balaban J connectivity index is -0.0000000960. The van der Waals surface area contributed by atoms with Gasteiger partial charge in [-0.25, -0.2) is 0 Å². The van der Waals surface area contributed by atoms with Crippen molar-refractivity contribution in [2.75, 3.05) is 0 Å². The zero-order valence-electron chi connectivity index (χ0n) is 14.3. The van der Waals surface area contributed by atoms with Gasteiger partial charge in [0, 0.05) is 55.3 Å². The fraction of sp³-hybridized carbons (Fsp3) is 0.500. The molecule has 3 atom stereocenters. The Bertz CT molecular complexity index is 484. The predicted molar refractivity (Wildman–Crippen MR) is 67.8 cm³/mol. The van der Waals surface area contributed by atoms with Crippen LogP contribution in [0.4, 0.5) is 0 Å². The molecule has 0 saturated heterocycles. The van der Waals surface area contributed by atoms with Gasteiger partial charge >= 0.3 is 34.7 Å². The topological polar surface area (TPSA) is 319 Å². The monoisotopic (exact) mass is 497 g/mol. The molecule has 2 radical (unpaired) electrons. The number of carboxylic acid groups (broad SMARTS) is 6. The maximum absolute atomic E-state index is 9.71. The van der Waals surface area contributed by atoms with E-state index in [1.807, 2.05) is 0 Å². The first-order valence-corrected chi connectivity index (χ1v) is 6.60. The maximum atomic E-state index is 9.71. The van der Waals surface area contributed by atoms with E-state index in [1.165, 1.54) is 0 Å². The number of aliphatic carboxylic acids is 6. The second kappa shape index (κ2) is 20.5. The first kappa shape index (κ1) is 37.5. The van der Waals surface area contributed by atoms with Crippen molar-refractivity contribution in [1.29, 1.82) is 0 Å². The summed E-state index contributed by atoms with van der Waals surface area (Å²) in [7, 11) is 0. The first-order chi connectivity index (χ1) is 12.1. The van der Waals surface area contributed by atoms with Gasteiger partial charge < -0.3 is 76.6 Å². The average molecular weight is 497 g/mol. The minimum atomic E-state index is -1.58. The third-order valence-corrected chi connectivity index (χ3v) is 2.07. The molecule has 15 nitrogen and oxygen atoms in total. The molecule has 0 saturated carbocycles. The van der Waals surface area contributed by atoms with Crippen molar-refractivity contribution in [1.82, 2.24) is 0 Å². The van der Waals surface area contributed by atoms with Crippen LogP contribution in [0.3, 0.4) is 0 Å². The van der Waals surface area contributed by atoms with Crippen LogP contribution in [0.2, 0.25) is 0 Å². The molecule has 0 unspecified atom stereocenters. The standard InChI is InChI=1S/3C4H7NO4.2Cr/c3*5-2(4(8)9)1-3(6)7;;/h3*2H,1,5H2,(H,6,7)(H,8,9);;/q;;;2*+3/p-6/t3*2-;;/m000../s1. The summed E-state index contributed by atoms with van der Waals surface area (Å²) in [6, 6.07) is -4.39. The molecule has 0 amide bonds. The maximum Gasteiger partial charge on any atom is 3.00 e. The van der Waals surface area contributed by atoms with Crippen LogP contribution in [-0.2, 0) is 63.5 Å². The van der Waals surface area contributed by atoms with Gasteiger partial charge in [-0.05, 0) is 0 Å². The largest absolute Gasteiger partial charge is 3.00 e. The molecular weight excluding hydrogens is 482 g/mol. The molecule has 0 aromatic rings. The van der Waals surface area contributed by atoms with E-state index in [-0.39, 0.29) is 34.7 Å². The van der Waals surface area contributed by atoms with Crippen LogP contribution in [0, 0.1) is 0 Å². The molecule has 17 heteroatoms. The Labute approximate surface area is 184 Å². The van der Waals surface area contributed by atoms with Crippen LogP contribution in [0.5, 0.6) is 0 Å². The SMILES string of the molecule is N[C@@H](CC(=O)[O-])C(=O)[O-].N[C@@H](CC(=O)[O-])C(=O)[O-].N[C@@H](CC(=O)[O-])C(=O)[O-].[Cr+3].[Cr+3]. The molecule has 6 N–H and O–H groups in total. The summed E-state index contributed by atoms with van der Waals surface area (Å²) in [5.74, 6) is -9.23. The normalized spacial score (nSPS) is 11.7. The van der Waals surface area contributed by atoms with Gasteiger partial charge in [0.15, 0.2) is 0 Å². The minimum Gasteiger partial charge on any atom is -0.550 e. The van der Waals surface area contributed by atoms with Gasteiger partial charge in [0.1, 0.15) is 0 Å². The van der Waals surface area contributed by atoms with Crippen LogP contribution < -0.4 is 47.8 Å². The molecule has 0 spiro atoms. The predicted octanol–water partition coefficient (Wildman–Crippen LogP) is -11.4. The Morgan fingerprint density at radius 1 is 0.483 bits per heavy atom. The molecule has 0 aliphatic heterocycles. The number of carbonyl (C=O) groups is 6. The summed E-state index contributed by atoms with van der Waals surface area (Å²) in [5.41, 5.74) is 14.2. The molecule has 0 aromatic heterocycles. The second-order valence-corrected chi connectivity index (χ2v) is 4.50. The van der Waals surface area contributed by atoms with Gasteiger partial charge in [0.05, 0.1) is 17.9 Å². The molecule has 0 heterocycles. The molecule has 0 aliphatic carbocycles. The third-order valence-electron chi connectivity index (χ3n) is 2.07. The number of hydrogen-bond acceptors (Lipinski definition) is 15. The Morgan fingerprint density at radius 3 is 0.655 bits per heavy atom. The molecule has 0 aromatic carbocycles. The number of hydrogen-bond donors (Lipinski definition) is 3. The Morgan fingerprint density at radius 2 is 0.621 bits per heavy atom. The van der Waals surface area contributed by atoms with Gasteiger partial charge in [-0.2, -0.15) is 0 Å². The minimum absolute atomic E-state index is 0. The van der Waals surface area contributed by atoms with Crippen LogP contribution >= 0.6 is 0 Å². The average Bonchev–Trinajstić information content (AvgIpc) is 2.46. The van der Waals surface area contributed by atoms with Crippen LogP contribution in [0.1, 0.15) is 19.3 Å². The first-order valence-electron chi connectivity index (χ1n) is 6.60. The van der Waals surface area contributed by atoms with E-state index in [2.05, 4.69) is 0 Å². The van der Waals surface area contributed by atoms with Crippen molar-refractivity contribution in [3.63, 3.8) is 0 Å². The molecule has 0 aliphatic rings. The summed E-state index contributed by atoms with van der Waals surface area (Å²) in [5, 5.41) is 58.0. The molecule has 0 rings (SSSR count). The van der Waals surface area contributed by atoms with Gasteiger partial charge in [-0.3, -0.25) is 0 Å². The summed E-state index contributed by atoms with van der Waals surface area (Å²) >= 11 is 0. The Kier molecular flexibility index (Phi) is 26.5. The van der Waals surface area contributed by atoms with Crippen molar-refractivity contribution < 1.29 is 94.1 Å². The van der Waals surface area contributed by atoms with Crippen molar-refractivity contribution in [2.45, 2.75) is 37.4 Å². The van der Waals surface area contributed by atoms with Gasteiger partial charge in [0.25, 0.3) is 0 Å². The fourth-order valence-corrected chi connectivity index (χ4v) is 0.789. The molecule has 0 bridgehead atoms. The number of rotatable bonds is 9. The van der Waals surface area contributed by atoms with Crippen LogP contribution in [0.15, 0.2) is 0 Å². The van der Waals surface area contributed by atoms with Gasteiger partial charge in [-0.1, -0.05) is 0 Å². The smallest absolute Gasteiger partial charge is 0.550 e. The zero-order valence-corrected chi connectivity index (χ0v) is 16.9. The second-order valence-electron chi connectivity index (χ2n) is 4.50. The van der Waals surface area contributed by atoms with E-state index in [0.29, 0.717) is 0 Å². The zero-order chi connectivity index (χ0) is 22.3. The fourth-order valence-electron chi connectivity index (χ4n) is 0.789. The molecule has 0 fully saturated rings. The van der Waals surface area contributed by atoms with Gasteiger partial charge in [-0.15, -0.1) is 0 Å². The van der Waals surface area contributed by atoms with Crippen molar-refractivity contribution in [3.8, 4) is 0 Å². The summed E-state index contributed by atoms with van der Waals surface area (Å²) < 4.78 is 0. The van der Waals surface area contributed by atoms with Gasteiger partial charge in [0.2, 0.25) is 0 Å². The molecular formula is C12H15Cr2N3O12. The van der Waals surface area contributed by atoms with Crippen LogP contribution in [0.25, 0.3) is 0 Å². The van der Waals surface area contributed by atoms with Crippen molar-refractivity contribution in [2.24, 2.45) is 17.2 Å². The number of carboxylic acids is 6. The van der Waals surface area contributed by atoms with E-state index < -0.39 is 73.2 Å². The number of nitrogens with two attached hydrogens (primary N) is 3. The molecule has 29 heavy (non-hydrogen) atoms. The summed E-state index contributed by atoms with van der Waals surface area (Å²) in [6.07, 6.45) is -2.12. The van der Waals surface area contributed by atoms with E-state index in [4.69, 9.17) is 17.2 Å². The van der Waals surface area contributed by atoms with E-state index >= 15 is 0 Å². The van der Waals surface area contributed by atoms with Crippen LogP contribution in [-0.4, -0.2) is 53.9 Å². The van der Waals surface area contributed by atoms with E-state index in [0.717, 1.165) is 0 Å². The van der Waals surface area contributed by atoms with E-state index in [1.54, 1.807) is 0 Å². The summed E-state index contributed by atoms with van der Waals surface area (Å²) in [4.78, 5) is 58.0. The van der Waals surface area contributed by atoms with E-state index in [9.17, 15) is 59.4 Å². The Hall–Kier alpha value is -2.24. The summed E-state index contributed by atoms with van der Waals surface area (Å²) in [6.45, 7) is 0. The third kappa shape index (κ3) is 30.7. The van der Waals surface area contributed by atoms with Crippen molar-refractivity contribution >= 4 is 35.8 Å². The quantitative estimate of drug-likeness (QED) is 0.266.